The molecular formula is C19H16N6OS2. The van der Waals surface area contributed by atoms with Crippen molar-refractivity contribution in [1.29, 1.82) is 0 Å². The van der Waals surface area contributed by atoms with E-state index in [1.165, 1.54) is 18.3 Å². The summed E-state index contributed by atoms with van der Waals surface area (Å²) in [5.74, 6) is 0.328. The Morgan fingerprint density at radius 3 is 2.43 bits per heavy atom. The molecule has 0 spiro atoms. The smallest absolute Gasteiger partial charge is 0.250 e. The molecule has 0 aliphatic rings. The molecule has 0 radical (unpaired) electrons. The van der Waals surface area contributed by atoms with Crippen molar-refractivity contribution in [3.63, 3.8) is 0 Å². The molecule has 0 saturated heterocycles. The van der Waals surface area contributed by atoms with Crippen LogP contribution in [0.15, 0.2) is 60.0 Å². The molecule has 2 heterocycles. The summed E-state index contributed by atoms with van der Waals surface area (Å²) in [6.45, 7) is 1.48. The number of nitrogens with zero attached hydrogens (tertiary/aromatic N) is 3. The van der Waals surface area contributed by atoms with Crippen molar-refractivity contribution in [3.05, 3.63) is 60.0 Å². The predicted octanol–water partition coefficient (Wildman–Crippen LogP) is 4.23. The lowest BCUT2D eigenvalue weighted by molar-refractivity contribution is -0.114. The van der Waals surface area contributed by atoms with Crippen LogP contribution in [0.4, 0.5) is 17.3 Å². The van der Waals surface area contributed by atoms with Gasteiger partial charge in [0, 0.05) is 29.2 Å². The molecule has 3 N–H and O–H groups in total. The fourth-order valence-electron chi connectivity index (χ4n) is 2.65. The van der Waals surface area contributed by atoms with E-state index in [4.69, 9.17) is 12.2 Å². The quantitative estimate of drug-likeness (QED) is 0.439. The Morgan fingerprint density at radius 1 is 1.00 bits per heavy atom. The van der Waals surface area contributed by atoms with E-state index >= 15 is 0 Å². The predicted molar refractivity (Wildman–Crippen MR) is 117 cm³/mol. The van der Waals surface area contributed by atoms with Gasteiger partial charge in [-0.2, -0.15) is 4.98 Å². The molecule has 0 aliphatic carbocycles. The van der Waals surface area contributed by atoms with Crippen LogP contribution in [0, 0.1) is 0 Å². The lowest BCUT2D eigenvalue weighted by Gasteiger charge is -2.07. The summed E-state index contributed by atoms with van der Waals surface area (Å²) in [6, 6.07) is 17.2. The Kier molecular flexibility index (Phi) is 5.00. The summed E-state index contributed by atoms with van der Waals surface area (Å²) in [5, 5.41) is 15.8. The number of amides is 1. The third-order valence-electron chi connectivity index (χ3n) is 3.84. The average molecular weight is 409 g/mol. The van der Waals surface area contributed by atoms with Crippen molar-refractivity contribution in [2.45, 2.75) is 6.92 Å². The summed E-state index contributed by atoms with van der Waals surface area (Å²) < 4.78 is 1.77. The number of benzene rings is 2. The van der Waals surface area contributed by atoms with Crippen LogP contribution in [0.2, 0.25) is 0 Å². The van der Waals surface area contributed by atoms with E-state index in [1.54, 1.807) is 4.52 Å². The largest absolute Gasteiger partial charge is 0.332 e. The molecule has 9 heteroatoms. The summed E-state index contributed by atoms with van der Waals surface area (Å²) in [4.78, 5) is 16.4. The molecule has 0 aliphatic heterocycles. The van der Waals surface area contributed by atoms with Gasteiger partial charge < -0.3 is 10.6 Å². The topological polar surface area (TPSA) is 83.3 Å². The maximum atomic E-state index is 11.2. The van der Waals surface area contributed by atoms with Gasteiger partial charge in [-0.3, -0.25) is 10.1 Å². The Bertz CT molecular complexity index is 1130. The molecule has 140 valence electrons. The van der Waals surface area contributed by atoms with E-state index in [0.717, 1.165) is 27.6 Å². The number of anilines is 3. The highest BCUT2D eigenvalue weighted by atomic mass is 32.1. The van der Waals surface area contributed by atoms with Gasteiger partial charge in [0.25, 0.3) is 0 Å². The third kappa shape index (κ3) is 4.00. The number of thiocarbonyl (C=S) groups is 1. The minimum Gasteiger partial charge on any atom is -0.332 e. The minimum atomic E-state index is -0.0993. The van der Waals surface area contributed by atoms with Gasteiger partial charge in [-0.15, -0.1) is 16.4 Å². The van der Waals surface area contributed by atoms with Crippen LogP contribution in [0.3, 0.4) is 0 Å². The lowest BCUT2D eigenvalue weighted by Crippen LogP contribution is -2.19. The summed E-state index contributed by atoms with van der Waals surface area (Å²) in [7, 11) is 0. The van der Waals surface area contributed by atoms with Gasteiger partial charge >= 0.3 is 0 Å². The second-order valence-corrected chi connectivity index (χ2v) is 7.20. The molecule has 1 amide bonds. The Hall–Kier alpha value is -3.30. The number of nitrogens with one attached hydrogen (secondary N) is 3. The first-order valence-corrected chi connectivity index (χ1v) is 9.72. The second kappa shape index (κ2) is 7.75. The van der Waals surface area contributed by atoms with Gasteiger partial charge in [-0.1, -0.05) is 30.3 Å². The first kappa shape index (κ1) is 18.1. The van der Waals surface area contributed by atoms with Gasteiger partial charge in [0.15, 0.2) is 5.11 Å². The van der Waals surface area contributed by atoms with Crippen LogP contribution >= 0.6 is 23.6 Å². The molecule has 0 bridgehead atoms. The van der Waals surface area contributed by atoms with Crippen molar-refractivity contribution >= 4 is 56.9 Å². The molecule has 2 aromatic carbocycles. The number of hydrogen-bond acceptors (Lipinski definition) is 5. The van der Waals surface area contributed by atoms with Gasteiger partial charge in [-0.05, 0) is 36.5 Å². The number of para-hydroxylation sites is 1. The van der Waals surface area contributed by atoms with Crippen molar-refractivity contribution in [2.24, 2.45) is 0 Å². The highest BCUT2D eigenvalue weighted by Gasteiger charge is 2.12. The van der Waals surface area contributed by atoms with Crippen molar-refractivity contribution in [1.82, 2.24) is 14.6 Å². The third-order valence-corrected chi connectivity index (χ3v) is 4.86. The van der Waals surface area contributed by atoms with E-state index in [-0.39, 0.29) is 5.91 Å². The highest BCUT2D eigenvalue weighted by molar-refractivity contribution is 7.80. The second-order valence-electron chi connectivity index (χ2n) is 5.95. The fourth-order valence-corrected chi connectivity index (χ4v) is 3.69. The molecule has 4 aromatic rings. The molecular weight excluding hydrogens is 392 g/mol. The van der Waals surface area contributed by atoms with Gasteiger partial charge in [0.2, 0.25) is 16.8 Å². The number of aromatic nitrogens is 3. The summed E-state index contributed by atoms with van der Waals surface area (Å²) in [6.07, 6.45) is 0. The van der Waals surface area contributed by atoms with E-state index < -0.39 is 0 Å². The van der Waals surface area contributed by atoms with E-state index in [2.05, 4.69) is 26.0 Å². The standard InChI is InChI=1S/C19H16N6OS2/c1-12(26)20-15-9-7-13(8-10-15)16-11-28-19-23-17(24-25(16)19)22-18(27)21-14-5-3-2-4-6-14/h2-11H,1H3,(H,20,26)(H2,21,22,24,27). The molecule has 0 unspecified atom stereocenters. The first-order chi connectivity index (χ1) is 13.6. The average Bonchev–Trinajstić information content (AvgIpc) is 3.23. The fraction of sp³-hybridized carbons (Fsp3) is 0.0526. The number of hydrogen-bond donors (Lipinski definition) is 3. The van der Waals surface area contributed by atoms with Gasteiger partial charge in [0.1, 0.15) is 0 Å². The molecule has 4 rings (SSSR count). The van der Waals surface area contributed by atoms with Crippen LogP contribution in [-0.4, -0.2) is 25.6 Å². The highest BCUT2D eigenvalue weighted by Crippen LogP contribution is 2.27. The van der Waals surface area contributed by atoms with Gasteiger partial charge in [-0.25, -0.2) is 4.52 Å². The van der Waals surface area contributed by atoms with Crippen LogP contribution in [-0.2, 0) is 4.79 Å². The van der Waals surface area contributed by atoms with Gasteiger partial charge in [0.05, 0.1) is 5.69 Å². The van der Waals surface area contributed by atoms with E-state index in [9.17, 15) is 4.79 Å². The summed E-state index contributed by atoms with van der Waals surface area (Å²) >= 11 is 6.82. The molecule has 0 saturated carbocycles. The van der Waals surface area contributed by atoms with Crippen LogP contribution in [0.1, 0.15) is 6.92 Å². The maximum absolute atomic E-state index is 11.2. The zero-order chi connectivity index (χ0) is 19.5. The number of carbonyl (C=O) groups is 1. The van der Waals surface area contributed by atoms with E-state index in [1.807, 2.05) is 60.0 Å². The molecule has 0 fully saturated rings. The van der Waals surface area contributed by atoms with Crippen LogP contribution in [0.5, 0.6) is 0 Å². The number of carbonyl (C=O) groups excluding carboxylic acids is 1. The molecule has 0 atom stereocenters. The minimum absolute atomic E-state index is 0.0993. The van der Waals surface area contributed by atoms with Crippen molar-refractivity contribution in [3.8, 4) is 11.3 Å². The number of fused-ring (bicyclic) bond motifs is 1. The SMILES string of the molecule is CC(=O)Nc1ccc(-c2csc3nc(NC(=S)Nc4ccccc4)nn23)cc1. The van der Waals surface area contributed by atoms with Crippen LogP contribution in [0.25, 0.3) is 16.2 Å². The van der Waals surface area contributed by atoms with Crippen molar-refractivity contribution in [2.75, 3.05) is 16.0 Å². The normalized spacial score (nSPS) is 10.6. The van der Waals surface area contributed by atoms with Crippen LogP contribution < -0.4 is 16.0 Å². The molecule has 28 heavy (non-hydrogen) atoms. The zero-order valence-corrected chi connectivity index (χ0v) is 16.5. The zero-order valence-electron chi connectivity index (χ0n) is 14.8. The summed E-state index contributed by atoms with van der Waals surface area (Å²) in [5.41, 5.74) is 3.53. The molecule has 7 nitrogen and oxygen atoms in total. The Labute approximate surface area is 170 Å². The number of thiazole rings is 1. The molecule has 2 aromatic heterocycles. The maximum Gasteiger partial charge on any atom is 0.250 e. The number of rotatable bonds is 4. The monoisotopic (exact) mass is 408 g/mol. The van der Waals surface area contributed by atoms with Crippen molar-refractivity contribution < 1.29 is 4.79 Å². The Morgan fingerprint density at radius 2 is 1.71 bits per heavy atom. The van der Waals surface area contributed by atoms with E-state index in [0.29, 0.717) is 11.1 Å². The first-order valence-electron chi connectivity index (χ1n) is 8.44. The Balaban J connectivity index is 1.52. The lowest BCUT2D eigenvalue weighted by atomic mass is 10.1.